The average Bonchev–Trinajstić information content (AvgIpc) is 2.53. The van der Waals surface area contributed by atoms with E-state index in [0.717, 1.165) is 18.4 Å². The summed E-state index contributed by atoms with van der Waals surface area (Å²) in [5.41, 5.74) is 0.378. The third-order valence-corrected chi connectivity index (χ3v) is 5.67. The number of aliphatic hydroxyl groups is 1. The summed E-state index contributed by atoms with van der Waals surface area (Å²) in [5, 5.41) is 9.69. The number of aliphatic hydroxyl groups excluding tert-OH is 1. The van der Waals surface area contributed by atoms with Gasteiger partial charge in [-0.1, -0.05) is 32.1 Å². The van der Waals surface area contributed by atoms with Gasteiger partial charge in [-0.15, -0.1) is 0 Å². The second-order valence-corrected chi connectivity index (χ2v) is 6.84. The lowest BCUT2D eigenvalue weighted by Crippen LogP contribution is -2.33. The minimum absolute atomic E-state index is 0.126. The Morgan fingerprint density at radius 2 is 1.86 bits per heavy atom. The molecule has 0 bridgehead atoms. The van der Waals surface area contributed by atoms with Gasteiger partial charge in [0.05, 0.1) is 7.11 Å². The molecule has 3 rings (SSSR count). The lowest BCUT2D eigenvalue weighted by Gasteiger charge is -2.42. The summed E-state index contributed by atoms with van der Waals surface area (Å²) in [4.78, 5) is 24.2. The molecule has 0 spiro atoms. The van der Waals surface area contributed by atoms with Crippen molar-refractivity contribution >= 4 is 11.6 Å². The highest BCUT2D eigenvalue weighted by Crippen LogP contribution is 2.46. The maximum Gasteiger partial charge on any atom is 0.227 e. The van der Waals surface area contributed by atoms with Crippen LogP contribution in [-0.4, -0.2) is 23.8 Å². The molecule has 2 fully saturated rings. The molecule has 0 saturated heterocycles. The first-order valence-corrected chi connectivity index (χ1v) is 8.38. The van der Waals surface area contributed by atoms with Crippen LogP contribution < -0.4 is 0 Å². The predicted octanol–water partition coefficient (Wildman–Crippen LogP) is 3.48. The van der Waals surface area contributed by atoms with Crippen LogP contribution in [0.2, 0.25) is 0 Å². The fourth-order valence-corrected chi connectivity index (χ4v) is 4.66. The van der Waals surface area contributed by atoms with Crippen LogP contribution in [0.15, 0.2) is 23.2 Å². The van der Waals surface area contributed by atoms with Gasteiger partial charge in [-0.25, -0.2) is 0 Å². The fraction of sp³-hybridized carbons (Fsp3) is 0.667. The van der Waals surface area contributed by atoms with Gasteiger partial charge in [0.1, 0.15) is 0 Å². The molecule has 0 aromatic heterocycles. The van der Waals surface area contributed by atoms with Crippen molar-refractivity contribution in [3.05, 3.63) is 23.2 Å². The van der Waals surface area contributed by atoms with Crippen LogP contribution >= 0.6 is 0 Å². The molecule has 1 N–H and O–H groups in total. The number of ketones is 2. The zero-order valence-corrected chi connectivity index (χ0v) is 13.1. The van der Waals surface area contributed by atoms with E-state index in [9.17, 15) is 14.7 Å². The van der Waals surface area contributed by atoms with Gasteiger partial charge in [0, 0.05) is 11.6 Å². The first kappa shape index (κ1) is 15.3. The third kappa shape index (κ3) is 2.71. The lowest BCUT2D eigenvalue weighted by molar-refractivity contribution is -0.120. The summed E-state index contributed by atoms with van der Waals surface area (Å²) in [7, 11) is 1.42. The predicted molar refractivity (Wildman–Crippen MR) is 82.2 cm³/mol. The molecule has 22 heavy (non-hydrogen) atoms. The zero-order chi connectivity index (χ0) is 15.7. The second-order valence-electron chi connectivity index (χ2n) is 6.84. The van der Waals surface area contributed by atoms with Crippen molar-refractivity contribution in [2.75, 3.05) is 7.11 Å². The van der Waals surface area contributed by atoms with Gasteiger partial charge >= 0.3 is 0 Å². The smallest absolute Gasteiger partial charge is 0.227 e. The van der Waals surface area contributed by atoms with E-state index in [2.05, 4.69) is 0 Å². The molecule has 0 heterocycles. The molecule has 3 aliphatic rings. The molecular weight excluding hydrogens is 280 g/mol. The standard InChI is InChI=1S/C18H24O4/c1-22-18-14(17(21)15(19)10-16(18)20)9-12-7-4-6-11-5-2-3-8-13(11)12/h10-13,19H,2-9H2,1H3. The van der Waals surface area contributed by atoms with E-state index in [-0.39, 0.29) is 5.76 Å². The van der Waals surface area contributed by atoms with Crippen molar-refractivity contribution in [2.45, 2.75) is 51.4 Å². The Morgan fingerprint density at radius 1 is 1.14 bits per heavy atom. The van der Waals surface area contributed by atoms with E-state index >= 15 is 0 Å². The Labute approximate surface area is 131 Å². The number of ether oxygens (including phenoxy) is 1. The Hall–Kier alpha value is -1.58. The molecule has 120 valence electrons. The van der Waals surface area contributed by atoms with Gasteiger partial charge in [-0.2, -0.15) is 0 Å². The summed E-state index contributed by atoms with van der Waals surface area (Å²) in [5.74, 6) is 0.709. The van der Waals surface area contributed by atoms with E-state index in [1.54, 1.807) is 0 Å². The minimum Gasteiger partial charge on any atom is -0.504 e. The maximum atomic E-state index is 12.3. The highest BCUT2D eigenvalue weighted by Gasteiger charge is 2.38. The van der Waals surface area contributed by atoms with E-state index < -0.39 is 17.3 Å². The van der Waals surface area contributed by atoms with Gasteiger partial charge in [-0.3, -0.25) is 9.59 Å². The summed E-state index contributed by atoms with van der Waals surface area (Å²) in [6.45, 7) is 0. The van der Waals surface area contributed by atoms with Gasteiger partial charge in [0.2, 0.25) is 11.6 Å². The molecule has 4 heteroatoms. The van der Waals surface area contributed by atoms with E-state index in [1.165, 1.54) is 45.6 Å². The van der Waals surface area contributed by atoms with Crippen LogP contribution in [0, 0.1) is 17.8 Å². The number of fused-ring (bicyclic) bond motifs is 1. The van der Waals surface area contributed by atoms with Crippen LogP contribution in [0.1, 0.15) is 51.4 Å². The minimum atomic E-state index is -0.447. The number of carbonyl (C=O) groups is 2. The molecule has 4 nitrogen and oxygen atoms in total. The van der Waals surface area contributed by atoms with Crippen LogP contribution in [0.3, 0.4) is 0 Å². The molecule has 0 aromatic carbocycles. The van der Waals surface area contributed by atoms with E-state index in [4.69, 9.17) is 4.74 Å². The quantitative estimate of drug-likeness (QED) is 0.811. The van der Waals surface area contributed by atoms with Crippen LogP contribution in [0.4, 0.5) is 0 Å². The molecule has 0 amide bonds. The molecule has 0 aromatic rings. The summed E-state index contributed by atoms with van der Waals surface area (Å²) in [6, 6.07) is 0. The molecule has 0 radical (unpaired) electrons. The van der Waals surface area contributed by atoms with Gasteiger partial charge in [-0.05, 0) is 37.0 Å². The summed E-state index contributed by atoms with van der Waals surface area (Å²) < 4.78 is 5.17. The van der Waals surface area contributed by atoms with Crippen LogP contribution in [0.5, 0.6) is 0 Å². The monoisotopic (exact) mass is 304 g/mol. The lowest BCUT2D eigenvalue weighted by atomic mass is 9.64. The molecule has 3 aliphatic carbocycles. The maximum absolute atomic E-state index is 12.3. The van der Waals surface area contributed by atoms with Crippen molar-refractivity contribution in [2.24, 2.45) is 17.8 Å². The summed E-state index contributed by atoms with van der Waals surface area (Å²) in [6.07, 6.45) is 10.3. The number of rotatable bonds is 3. The fourth-order valence-electron chi connectivity index (χ4n) is 4.66. The average molecular weight is 304 g/mol. The third-order valence-electron chi connectivity index (χ3n) is 5.67. The second kappa shape index (κ2) is 6.27. The van der Waals surface area contributed by atoms with Gasteiger partial charge < -0.3 is 9.84 Å². The van der Waals surface area contributed by atoms with Crippen molar-refractivity contribution < 1.29 is 19.4 Å². The molecule has 2 saturated carbocycles. The van der Waals surface area contributed by atoms with Gasteiger partial charge in [0.25, 0.3) is 0 Å². The first-order valence-electron chi connectivity index (χ1n) is 8.38. The van der Waals surface area contributed by atoms with Gasteiger partial charge in [0.15, 0.2) is 11.5 Å². The Morgan fingerprint density at radius 3 is 2.64 bits per heavy atom. The number of allylic oxidation sites excluding steroid dienone is 2. The molecule has 3 atom stereocenters. The number of hydrogen-bond donors (Lipinski definition) is 1. The van der Waals surface area contributed by atoms with Crippen molar-refractivity contribution in [1.29, 1.82) is 0 Å². The van der Waals surface area contributed by atoms with Crippen LogP contribution in [-0.2, 0) is 14.3 Å². The number of hydrogen-bond acceptors (Lipinski definition) is 4. The Bertz CT molecular complexity index is 541. The Kier molecular flexibility index (Phi) is 4.37. The van der Waals surface area contributed by atoms with Crippen LogP contribution in [0.25, 0.3) is 0 Å². The van der Waals surface area contributed by atoms with E-state index in [1.807, 2.05) is 0 Å². The largest absolute Gasteiger partial charge is 0.504 e. The first-order chi connectivity index (χ1) is 10.6. The van der Waals surface area contributed by atoms with E-state index in [0.29, 0.717) is 23.8 Å². The highest BCUT2D eigenvalue weighted by molar-refractivity contribution is 6.20. The van der Waals surface area contributed by atoms with Crippen molar-refractivity contribution in [1.82, 2.24) is 0 Å². The number of methoxy groups -OCH3 is 1. The molecule has 3 unspecified atom stereocenters. The molecule has 0 aliphatic heterocycles. The van der Waals surface area contributed by atoms with Crippen molar-refractivity contribution in [3.63, 3.8) is 0 Å². The normalized spacial score (nSPS) is 32.6. The summed E-state index contributed by atoms with van der Waals surface area (Å²) >= 11 is 0. The zero-order valence-electron chi connectivity index (χ0n) is 13.1. The molecular formula is C18H24O4. The topological polar surface area (TPSA) is 63.6 Å². The number of Topliss-reactive ketones (excluding diaryl/α,β-unsaturated/α-hetero) is 1. The Balaban J connectivity index is 1.83. The highest BCUT2D eigenvalue weighted by atomic mass is 16.5. The number of carbonyl (C=O) groups excluding carboxylic acids is 2. The van der Waals surface area contributed by atoms with Crippen molar-refractivity contribution in [3.8, 4) is 0 Å². The SMILES string of the molecule is COC1=C(CC2CCCC3CCCCC32)C(=O)C(O)=CC1=O.